The minimum absolute atomic E-state index is 0.0208. The fourth-order valence-electron chi connectivity index (χ4n) is 0.711. The summed E-state index contributed by atoms with van der Waals surface area (Å²) in [4.78, 5) is 0. The molecule has 64 valence electrons. The van der Waals surface area contributed by atoms with E-state index in [0.29, 0.717) is 10.6 Å². The third kappa shape index (κ3) is 2.12. The standard InChI is InChI=1S/C7H4BrCl2NO/c8-4-1-2-5(6(9)3-4)7(10)11-12/h1-3,12H/b11-7-. The Bertz CT molecular complexity index is 327. The highest BCUT2D eigenvalue weighted by molar-refractivity contribution is 9.10. The molecule has 2 nitrogen and oxygen atoms in total. The lowest BCUT2D eigenvalue weighted by molar-refractivity contribution is 0.321. The van der Waals surface area contributed by atoms with Gasteiger partial charge in [-0.15, -0.1) is 0 Å². The van der Waals surface area contributed by atoms with E-state index in [1.165, 1.54) is 0 Å². The van der Waals surface area contributed by atoms with E-state index in [9.17, 15) is 0 Å². The number of hydrogen-bond acceptors (Lipinski definition) is 2. The summed E-state index contributed by atoms with van der Waals surface area (Å²) in [6, 6.07) is 5.09. The van der Waals surface area contributed by atoms with Crippen LogP contribution >= 0.6 is 39.1 Å². The summed E-state index contributed by atoms with van der Waals surface area (Å²) in [5.74, 6) is 0. The molecule has 0 atom stereocenters. The Morgan fingerprint density at radius 2 is 2.17 bits per heavy atom. The van der Waals surface area contributed by atoms with Crippen molar-refractivity contribution < 1.29 is 5.21 Å². The van der Waals surface area contributed by atoms with E-state index in [2.05, 4.69) is 21.1 Å². The lowest BCUT2D eigenvalue weighted by atomic mass is 10.2. The number of benzene rings is 1. The van der Waals surface area contributed by atoms with Crippen LogP contribution in [0.4, 0.5) is 0 Å². The lowest BCUT2D eigenvalue weighted by Crippen LogP contribution is -1.91. The minimum Gasteiger partial charge on any atom is -0.410 e. The molecule has 1 aromatic carbocycles. The molecule has 0 fully saturated rings. The number of hydrogen-bond donors (Lipinski definition) is 1. The highest BCUT2D eigenvalue weighted by Gasteiger charge is 2.05. The van der Waals surface area contributed by atoms with E-state index in [4.69, 9.17) is 28.4 Å². The van der Waals surface area contributed by atoms with Crippen molar-refractivity contribution in [2.24, 2.45) is 5.16 Å². The Labute approximate surface area is 87.9 Å². The average molecular weight is 269 g/mol. The lowest BCUT2D eigenvalue weighted by Gasteiger charge is -1.99. The van der Waals surface area contributed by atoms with Crippen LogP contribution in [0, 0.1) is 0 Å². The summed E-state index contributed by atoms with van der Waals surface area (Å²) in [5, 5.41) is 11.6. The monoisotopic (exact) mass is 267 g/mol. The molecule has 0 saturated heterocycles. The van der Waals surface area contributed by atoms with E-state index in [0.717, 1.165) is 4.47 Å². The topological polar surface area (TPSA) is 32.6 Å². The second-order valence-electron chi connectivity index (χ2n) is 2.01. The van der Waals surface area contributed by atoms with Gasteiger partial charge in [-0.3, -0.25) is 0 Å². The van der Waals surface area contributed by atoms with Gasteiger partial charge in [0.15, 0.2) is 5.17 Å². The molecule has 0 unspecified atom stereocenters. The number of halogens is 3. The number of nitrogens with zero attached hydrogens (tertiary/aromatic N) is 1. The normalized spacial score (nSPS) is 11.8. The molecule has 0 aliphatic rings. The first-order chi connectivity index (χ1) is 5.65. The quantitative estimate of drug-likeness (QED) is 0.472. The Hall–Kier alpha value is -0.250. The van der Waals surface area contributed by atoms with Crippen LogP contribution in [-0.4, -0.2) is 10.4 Å². The van der Waals surface area contributed by atoms with Gasteiger partial charge in [0.25, 0.3) is 0 Å². The van der Waals surface area contributed by atoms with Gasteiger partial charge < -0.3 is 5.21 Å². The third-order valence-electron chi connectivity index (χ3n) is 1.24. The molecule has 0 aliphatic carbocycles. The maximum absolute atomic E-state index is 8.37. The van der Waals surface area contributed by atoms with Crippen LogP contribution in [0.15, 0.2) is 27.8 Å². The van der Waals surface area contributed by atoms with E-state index in [1.54, 1.807) is 18.2 Å². The molecule has 1 N–H and O–H groups in total. The van der Waals surface area contributed by atoms with Crippen molar-refractivity contribution in [1.82, 2.24) is 0 Å². The van der Waals surface area contributed by atoms with Crippen molar-refractivity contribution in [2.45, 2.75) is 0 Å². The fraction of sp³-hybridized carbons (Fsp3) is 0. The molecule has 0 radical (unpaired) electrons. The average Bonchev–Trinajstić information content (AvgIpc) is 2.03. The van der Waals surface area contributed by atoms with E-state index < -0.39 is 0 Å². The van der Waals surface area contributed by atoms with Crippen LogP contribution in [-0.2, 0) is 0 Å². The van der Waals surface area contributed by atoms with Crippen molar-refractivity contribution in [2.75, 3.05) is 0 Å². The van der Waals surface area contributed by atoms with Crippen LogP contribution in [0.1, 0.15) is 5.56 Å². The van der Waals surface area contributed by atoms with Gasteiger partial charge in [-0.1, -0.05) is 44.3 Å². The predicted octanol–water partition coefficient (Wildman–Crippen LogP) is 3.48. The predicted molar refractivity (Wildman–Crippen MR) is 53.3 cm³/mol. The molecular weight excluding hydrogens is 265 g/mol. The Morgan fingerprint density at radius 1 is 1.50 bits per heavy atom. The van der Waals surface area contributed by atoms with Gasteiger partial charge in [0.05, 0.1) is 5.02 Å². The molecule has 1 aromatic rings. The zero-order chi connectivity index (χ0) is 9.14. The molecule has 0 saturated carbocycles. The summed E-state index contributed by atoms with van der Waals surface area (Å²) >= 11 is 14.6. The molecule has 1 rings (SSSR count). The fourth-order valence-corrected chi connectivity index (χ4v) is 1.69. The molecule has 5 heteroatoms. The maximum atomic E-state index is 8.37. The van der Waals surface area contributed by atoms with Crippen LogP contribution in [0.5, 0.6) is 0 Å². The zero-order valence-corrected chi connectivity index (χ0v) is 8.86. The zero-order valence-electron chi connectivity index (χ0n) is 5.76. The Morgan fingerprint density at radius 3 is 2.67 bits per heavy atom. The first-order valence-corrected chi connectivity index (χ1v) is 4.53. The summed E-state index contributed by atoms with van der Waals surface area (Å²) in [6.45, 7) is 0. The largest absolute Gasteiger partial charge is 0.410 e. The van der Waals surface area contributed by atoms with Gasteiger partial charge in [0.1, 0.15) is 0 Å². The van der Waals surface area contributed by atoms with Crippen LogP contribution in [0.2, 0.25) is 5.02 Å². The van der Waals surface area contributed by atoms with E-state index in [-0.39, 0.29) is 5.17 Å². The molecule has 0 bridgehead atoms. The van der Waals surface area contributed by atoms with Gasteiger partial charge in [-0.2, -0.15) is 0 Å². The third-order valence-corrected chi connectivity index (χ3v) is 2.33. The highest BCUT2D eigenvalue weighted by atomic mass is 79.9. The Kier molecular flexibility index (Phi) is 3.38. The smallest absolute Gasteiger partial charge is 0.176 e. The molecule has 12 heavy (non-hydrogen) atoms. The highest BCUT2D eigenvalue weighted by Crippen LogP contribution is 2.22. The maximum Gasteiger partial charge on any atom is 0.176 e. The minimum atomic E-state index is -0.0208. The first kappa shape index (κ1) is 9.84. The second kappa shape index (κ2) is 4.12. The number of rotatable bonds is 1. The molecule has 0 heterocycles. The summed E-state index contributed by atoms with van der Waals surface area (Å²) in [6.07, 6.45) is 0. The van der Waals surface area contributed by atoms with Crippen molar-refractivity contribution in [3.05, 3.63) is 33.3 Å². The summed E-state index contributed by atoms with van der Waals surface area (Å²) in [5.41, 5.74) is 0.504. The number of oxime groups is 1. The molecule has 0 amide bonds. The summed E-state index contributed by atoms with van der Waals surface area (Å²) in [7, 11) is 0. The van der Waals surface area contributed by atoms with Crippen molar-refractivity contribution in [3.63, 3.8) is 0 Å². The van der Waals surface area contributed by atoms with Gasteiger partial charge in [-0.25, -0.2) is 0 Å². The van der Waals surface area contributed by atoms with Crippen LogP contribution in [0.25, 0.3) is 0 Å². The second-order valence-corrected chi connectivity index (χ2v) is 3.70. The van der Waals surface area contributed by atoms with Gasteiger partial charge >= 0.3 is 0 Å². The molecule has 0 spiro atoms. The molecule has 0 aliphatic heterocycles. The van der Waals surface area contributed by atoms with Crippen molar-refractivity contribution >= 4 is 44.3 Å². The van der Waals surface area contributed by atoms with Gasteiger partial charge in [-0.05, 0) is 18.2 Å². The van der Waals surface area contributed by atoms with Crippen molar-refractivity contribution in [1.29, 1.82) is 0 Å². The van der Waals surface area contributed by atoms with Gasteiger partial charge in [0, 0.05) is 10.0 Å². The SMILES string of the molecule is O/N=C(\Cl)c1ccc(Br)cc1Cl. The first-order valence-electron chi connectivity index (χ1n) is 2.98. The van der Waals surface area contributed by atoms with Crippen LogP contribution < -0.4 is 0 Å². The molecular formula is C7H4BrCl2NO. The summed E-state index contributed by atoms with van der Waals surface area (Å²) < 4.78 is 0.846. The molecule has 0 aromatic heterocycles. The van der Waals surface area contributed by atoms with E-state index >= 15 is 0 Å². The van der Waals surface area contributed by atoms with Gasteiger partial charge in [0.2, 0.25) is 0 Å². The van der Waals surface area contributed by atoms with E-state index in [1.807, 2.05) is 0 Å². The van der Waals surface area contributed by atoms with Crippen LogP contribution in [0.3, 0.4) is 0 Å². The van der Waals surface area contributed by atoms with Crippen molar-refractivity contribution in [3.8, 4) is 0 Å². The Balaban J connectivity index is 3.18.